The molecular formula is C15H18FN3O2. The van der Waals surface area contributed by atoms with Crippen molar-refractivity contribution in [3.8, 4) is 0 Å². The summed E-state index contributed by atoms with van der Waals surface area (Å²) in [5, 5.41) is 8.84. The Bertz CT molecular complexity index is 570. The van der Waals surface area contributed by atoms with Crippen LogP contribution in [0.15, 0.2) is 18.2 Å². The number of anilines is 1. The summed E-state index contributed by atoms with van der Waals surface area (Å²) in [5.41, 5.74) is 1.07. The third-order valence-corrected chi connectivity index (χ3v) is 4.01. The normalized spacial score (nSPS) is 24.9. The van der Waals surface area contributed by atoms with E-state index in [-0.39, 0.29) is 24.3 Å². The summed E-state index contributed by atoms with van der Waals surface area (Å²) in [6, 6.07) is 4.25. The number of carbonyl (C=O) groups is 2. The van der Waals surface area contributed by atoms with Gasteiger partial charge in [-0.3, -0.25) is 9.59 Å². The lowest BCUT2D eigenvalue weighted by Gasteiger charge is -2.29. The minimum Gasteiger partial charge on any atom is -0.352 e. The van der Waals surface area contributed by atoms with Crippen LogP contribution in [-0.4, -0.2) is 30.9 Å². The van der Waals surface area contributed by atoms with Gasteiger partial charge in [-0.15, -0.1) is 0 Å². The van der Waals surface area contributed by atoms with Gasteiger partial charge in [0.1, 0.15) is 5.82 Å². The first-order valence-electron chi connectivity index (χ1n) is 7.24. The number of nitrogens with one attached hydrogen (secondary N) is 3. The second-order valence-electron chi connectivity index (χ2n) is 5.59. The lowest BCUT2D eigenvalue weighted by Crippen LogP contribution is -2.47. The molecule has 5 nitrogen and oxygen atoms in total. The maximum Gasteiger partial charge on any atom is 0.228 e. The number of halogens is 1. The Balaban J connectivity index is 1.78. The molecule has 3 N–H and O–H groups in total. The predicted octanol–water partition coefficient (Wildman–Crippen LogP) is 1.12. The van der Waals surface area contributed by atoms with Crippen LogP contribution in [0.1, 0.15) is 30.7 Å². The summed E-state index contributed by atoms with van der Waals surface area (Å²) in [7, 11) is 0. The Morgan fingerprint density at radius 3 is 3.00 bits per heavy atom. The molecule has 2 aliphatic heterocycles. The average Bonchev–Trinajstić information content (AvgIpc) is 2.47. The van der Waals surface area contributed by atoms with Gasteiger partial charge in [0.05, 0.1) is 5.92 Å². The van der Waals surface area contributed by atoms with E-state index < -0.39 is 11.7 Å². The fourth-order valence-corrected chi connectivity index (χ4v) is 2.95. The molecule has 0 aromatic heterocycles. The minimum atomic E-state index is -0.545. The largest absolute Gasteiger partial charge is 0.352 e. The van der Waals surface area contributed by atoms with Gasteiger partial charge >= 0.3 is 0 Å². The van der Waals surface area contributed by atoms with Crippen molar-refractivity contribution in [3.05, 3.63) is 29.6 Å². The summed E-state index contributed by atoms with van der Waals surface area (Å²) in [6.45, 7) is 1.72. The SMILES string of the molecule is O=C1CC(C(=O)N[C@H]2CCCNC2)c2ccc(F)cc2N1. The van der Waals surface area contributed by atoms with Crippen molar-refractivity contribution in [2.24, 2.45) is 0 Å². The third-order valence-electron chi connectivity index (χ3n) is 4.01. The smallest absolute Gasteiger partial charge is 0.228 e. The van der Waals surface area contributed by atoms with E-state index in [1.54, 1.807) is 6.07 Å². The van der Waals surface area contributed by atoms with Gasteiger partial charge in [0.15, 0.2) is 0 Å². The van der Waals surface area contributed by atoms with E-state index in [9.17, 15) is 14.0 Å². The monoisotopic (exact) mass is 291 g/mol. The predicted molar refractivity (Wildman–Crippen MR) is 76.4 cm³/mol. The zero-order valence-corrected chi connectivity index (χ0v) is 11.6. The molecule has 2 heterocycles. The molecule has 0 radical (unpaired) electrons. The number of amides is 2. The topological polar surface area (TPSA) is 70.2 Å². The molecule has 1 saturated heterocycles. The highest BCUT2D eigenvalue weighted by atomic mass is 19.1. The molecule has 1 unspecified atom stereocenters. The van der Waals surface area contributed by atoms with Crippen LogP contribution in [0.4, 0.5) is 10.1 Å². The van der Waals surface area contributed by atoms with Crippen molar-refractivity contribution < 1.29 is 14.0 Å². The van der Waals surface area contributed by atoms with E-state index >= 15 is 0 Å². The van der Waals surface area contributed by atoms with Gasteiger partial charge in [-0.25, -0.2) is 4.39 Å². The van der Waals surface area contributed by atoms with Crippen LogP contribution in [0.2, 0.25) is 0 Å². The van der Waals surface area contributed by atoms with Gasteiger partial charge in [-0.2, -0.15) is 0 Å². The molecule has 0 saturated carbocycles. The minimum absolute atomic E-state index is 0.0973. The average molecular weight is 291 g/mol. The molecule has 112 valence electrons. The van der Waals surface area contributed by atoms with Crippen molar-refractivity contribution in [1.29, 1.82) is 0 Å². The molecule has 3 rings (SSSR count). The number of piperidine rings is 1. The number of hydrogen-bond donors (Lipinski definition) is 3. The highest BCUT2D eigenvalue weighted by Gasteiger charge is 2.32. The molecular weight excluding hydrogens is 273 g/mol. The van der Waals surface area contributed by atoms with Gasteiger partial charge in [-0.1, -0.05) is 6.07 Å². The third kappa shape index (κ3) is 3.05. The highest BCUT2D eigenvalue weighted by molar-refractivity contribution is 6.01. The lowest BCUT2D eigenvalue weighted by atomic mass is 9.89. The van der Waals surface area contributed by atoms with Crippen LogP contribution >= 0.6 is 0 Å². The molecule has 0 bridgehead atoms. The van der Waals surface area contributed by atoms with Crippen LogP contribution in [0.5, 0.6) is 0 Å². The van der Waals surface area contributed by atoms with Gasteiger partial charge in [0, 0.05) is 24.7 Å². The van der Waals surface area contributed by atoms with E-state index in [0.717, 1.165) is 25.9 Å². The molecule has 2 aliphatic rings. The standard InChI is InChI=1S/C15H18FN3O2/c16-9-3-4-11-12(7-14(20)19-13(11)6-9)15(21)18-10-2-1-5-17-8-10/h3-4,6,10,12,17H,1-2,5,7-8H2,(H,18,21)(H,19,20)/t10-,12?/m0/s1. The van der Waals surface area contributed by atoms with E-state index in [2.05, 4.69) is 16.0 Å². The highest BCUT2D eigenvalue weighted by Crippen LogP contribution is 2.33. The lowest BCUT2D eigenvalue weighted by molar-refractivity contribution is -0.127. The first kappa shape index (κ1) is 14.0. The van der Waals surface area contributed by atoms with Crippen molar-refractivity contribution >= 4 is 17.5 Å². The van der Waals surface area contributed by atoms with E-state index in [1.165, 1.54) is 12.1 Å². The molecule has 1 aromatic rings. The maximum absolute atomic E-state index is 13.3. The Morgan fingerprint density at radius 2 is 2.24 bits per heavy atom. The summed E-state index contributed by atoms with van der Waals surface area (Å²) in [5.74, 6) is -1.38. The summed E-state index contributed by atoms with van der Waals surface area (Å²) >= 11 is 0. The molecule has 21 heavy (non-hydrogen) atoms. The Morgan fingerprint density at radius 1 is 1.38 bits per heavy atom. The number of carbonyl (C=O) groups excluding carboxylic acids is 2. The number of rotatable bonds is 2. The molecule has 6 heteroatoms. The number of benzene rings is 1. The van der Waals surface area contributed by atoms with Crippen LogP contribution in [0.3, 0.4) is 0 Å². The van der Waals surface area contributed by atoms with Crippen molar-refractivity contribution in [2.45, 2.75) is 31.2 Å². The molecule has 2 amide bonds. The van der Waals surface area contributed by atoms with Crippen molar-refractivity contribution in [3.63, 3.8) is 0 Å². The second kappa shape index (κ2) is 5.81. The van der Waals surface area contributed by atoms with Gasteiger partial charge in [-0.05, 0) is 37.1 Å². The Kier molecular flexibility index (Phi) is 3.88. The first-order chi connectivity index (χ1) is 10.1. The first-order valence-corrected chi connectivity index (χ1v) is 7.24. The zero-order chi connectivity index (χ0) is 14.8. The van der Waals surface area contributed by atoms with Crippen LogP contribution in [0, 0.1) is 5.82 Å². The Hall–Kier alpha value is -1.95. The second-order valence-corrected chi connectivity index (χ2v) is 5.59. The quantitative estimate of drug-likeness (QED) is 0.765. The number of hydrogen-bond acceptors (Lipinski definition) is 3. The van der Waals surface area contributed by atoms with Gasteiger partial charge < -0.3 is 16.0 Å². The molecule has 1 aromatic carbocycles. The van der Waals surface area contributed by atoms with Crippen molar-refractivity contribution in [1.82, 2.24) is 10.6 Å². The van der Waals surface area contributed by atoms with Crippen LogP contribution < -0.4 is 16.0 Å². The van der Waals surface area contributed by atoms with Crippen LogP contribution in [-0.2, 0) is 9.59 Å². The fraction of sp³-hybridized carbons (Fsp3) is 0.467. The fourth-order valence-electron chi connectivity index (χ4n) is 2.95. The Labute approximate surface area is 122 Å². The molecule has 0 spiro atoms. The van der Waals surface area contributed by atoms with Gasteiger partial charge in [0.2, 0.25) is 11.8 Å². The maximum atomic E-state index is 13.3. The summed E-state index contributed by atoms with van der Waals surface area (Å²) in [4.78, 5) is 24.2. The summed E-state index contributed by atoms with van der Waals surface area (Å²) in [6.07, 6.45) is 2.07. The van der Waals surface area contributed by atoms with E-state index in [0.29, 0.717) is 11.3 Å². The van der Waals surface area contributed by atoms with E-state index in [1.807, 2.05) is 0 Å². The van der Waals surface area contributed by atoms with Crippen LogP contribution in [0.25, 0.3) is 0 Å². The van der Waals surface area contributed by atoms with Crippen molar-refractivity contribution in [2.75, 3.05) is 18.4 Å². The zero-order valence-electron chi connectivity index (χ0n) is 11.6. The molecule has 0 aliphatic carbocycles. The summed E-state index contributed by atoms with van der Waals surface area (Å²) < 4.78 is 13.3. The molecule has 1 fully saturated rings. The molecule has 2 atom stereocenters. The number of fused-ring (bicyclic) bond motifs is 1. The van der Waals surface area contributed by atoms with Gasteiger partial charge in [0.25, 0.3) is 0 Å². The van der Waals surface area contributed by atoms with E-state index in [4.69, 9.17) is 0 Å².